The summed E-state index contributed by atoms with van der Waals surface area (Å²) in [6.07, 6.45) is 3.21. The molecule has 0 aromatic rings. The van der Waals surface area contributed by atoms with Crippen LogP contribution in [0.2, 0.25) is 0 Å². The van der Waals surface area contributed by atoms with Crippen molar-refractivity contribution < 1.29 is 9.57 Å². The lowest BCUT2D eigenvalue weighted by Gasteiger charge is -1.92. The van der Waals surface area contributed by atoms with E-state index in [-0.39, 0.29) is 0 Å². The van der Waals surface area contributed by atoms with E-state index < -0.39 is 0 Å². The minimum Gasteiger partial charge on any atom is -0.392 e. The van der Waals surface area contributed by atoms with E-state index in [1.807, 2.05) is 6.92 Å². The number of oxime groups is 1. The van der Waals surface area contributed by atoms with E-state index in [4.69, 9.17) is 9.57 Å². The summed E-state index contributed by atoms with van der Waals surface area (Å²) in [5, 5.41) is 3.58. The van der Waals surface area contributed by atoms with Gasteiger partial charge in [0.25, 0.3) is 0 Å². The zero-order valence-corrected chi connectivity index (χ0v) is 6.25. The summed E-state index contributed by atoms with van der Waals surface area (Å²) in [6, 6.07) is 0. The molecule has 0 N–H and O–H groups in total. The predicted molar refractivity (Wildman–Crippen MR) is 41.1 cm³/mol. The van der Waals surface area contributed by atoms with Gasteiger partial charge >= 0.3 is 0 Å². The number of hydrogen-bond acceptors (Lipinski definition) is 3. The molecule has 0 aliphatic rings. The lowest BCUT2D eigenvalue weighted by molar-refractivity contribution is 0.162. The van der Waals surface area contributed by atoms with Gasteiger partial charge in [0, 0.05) is 6.61 Å². The highest BCUT2D eigenvalue weighted by molar-refractivity contribution is 5.57. The van der Waals surface area contributed by atoms with Crippen LogP contribution in [0.4, 0.5) is 0 Å². The van der Waals surface area contributed by atoms with Crippen molar-refractivity contribution in [3.8, 4) is 0 Å². The summed E-state index contributed by atoms with van der Waals surface area (Å²) in [7, 11) is 0. The molecule has 0 spiro atoms. The fraction of sp³-hybridized carbons (Fsp3) is 0.571. The summed E-state index contributed by atoms with van der Waals surface area (Å²) >= 11 is 0. The smallest absolute Gasteiger partial charge is 0.135 e. The molecular weight excluding hydrogens is 130 g/mol. The van der Waals surface area contributed by atoms with Crippen LogP contribution in [0.25, 0.3) is 0 Å². The van der Waals surface area contributed by atoms with Gasteiger partial charge < -0.3 is 9.57 Å². The summed E-state index contributed by atoms with van der Waals surface area (Å²) in [5.41, 5.74) is 0. The highest BCUT2D eigenvalue weighted by atomic mass is 16.6. The van der Waals surface area contributed by atoms with Gasteiger partial charge in [0.15, 0.2) is 0 Å². The molecule has 58 valence electrons. The molecule has 0 saturated heterocycles. The van der Waals surface area contributed by atoms with E-state index in [0.717, 1.165) is 0 Å². The molecule has 0 aliphatic carbocycles. The number of nitrogens with zero attached hydrogens (tertiary/aromatic N) is 1. The molecule has 0 unspecified atom stereocenters. The number of rotatable bonds is 6. The molecule has 3 heteroatoms. The van der Waals surface area contributed by atoms with Crippen molar-refractivity contribution in [1.82, 2.24) is 0 Å². The second kappa shape index (κ2) is 8.17. The average molecular weight is 143 g/mol. The fourth-order valence-corrected chi connectivity index (χ4v) is 0.349. The van der Waals surface area contributed by atoms with E-state index in [9.17, 15) is 0 Å². The Bertz CT molecular complexity index is 102. The third-order valence-corrected chi connectivity index (χ3v) is 0.738. The van der Waals surface area contributed by atoms with Crippen LogP contribution in [0.3, 0.4) is 0 Å². The van der Waals surface area contributed by atoms with E-state index in [1.54, 1.807) is 12.3 Å². The van der Waals surface area contributed by atoms with Crippen LogP contribution in [-0.2, 0) is 9.57 Å². The van der Waals surface area contributed by atoms with Crippen molar-refractivity contribution in [3.05, 3.63) is 12.7 Å². The summed E-state index contributed by atoms with van der Waals surface area (Å²) in [5.74, 6) is 0. The van der Waals surface area contributed by atoms with Gasteiger partial charge in [0.1, 0.15) is 6.61 Å². The van der Waals surface area contributed by atoms with Gasteiger partial charge in [0.2, 0.25) is 0 Å². The normalized spacial score (nSPS) is 10.1. The van der Waals surface area contributed by atoms with Crippen LogP contribution in [0.5, 0.6) is 0 Å². The van der Waals surface area contributed by atoms with Crippen molar-refractivity contribution in [1.29, 1.82) is 0 Å². The molecule has 0 heterocycles. The molecule has 0 rings (SSSR count). The van der Waals surface area contributed by atoms with Crippen LogP contribution in [0, 0.1) is 0 Å². The van der Waals surface area contributed by atoms with Gasteiger partial charge in [0.05, 0.1) is 12.8 Å². The largest absolute Gasteiger partial charge is 0.392 e. The zero-order chi connectivity index (χ0) is 7.66. The minimum atomic E-state index is 0.447. The lowest BCUT2D eigenvalue weighted by atomic mass is 10.7. The Labute approximate surface area is 61.3 Å². The molecule has 0 fully saturated rings. The Kier molecular flexibility index (Phi) is 7.49. The van der Waals surface area contributed by atoms with E-state index in [2.05, 4.69) is 11.7 Å². The second-order valence-electron chi connectivity index (χ2n) is 1.53. The van der Waals surface area contributed by atoms with Gasteiger partial charge in [-0.3, -0.25) is 0 Å². The van der Waals surface area contributed by atoms with Gasteiger partial charge in [-0.2, -0.15) is 0 Å². The standard InChI is InChI=1S/C7H13NO2/c1-3-6-10-8-5-7-9-4-2/h3,5H,1,4,6-7H2,2H3. The number of ether oxygens (including phenoxy) is 1. The van der Waals surface area contributed by atoms with E-state index in [0.29, 0.717) is 19.8 Å². The first-order valence-corrected chi connectivity index (χ1v) is 3.24. The summed E-state index contributed by atoms with van der Waals surface area (Å²) in [4.78, 5) is 4.70. The quantitative estimate of drug-likeness (QED) is 0.242. The minimum absolute atomic E-state index is 0.447. The van der Waals surface area contributed by atoms with Gasteiger partial charge in [-0.25, -0.2) is 0 Å². The van der Waals surface area contributed by atoms with Crippen molar-refractivity contribution in [2.24, 2.45) is 5.16 Å². The molecule has 0 radical (unpaired) electrons. The molecule has 0 aromatic heterocycles. The summed E-state index contributed by atoms with van der Waals surface area (Å²) in [6.45, 7) is 7.05. The molecule has 0 aromatic carbocycles. The van der Waals surface area contributed by atoms with Crippen LogP contribution >= 0.6 is 0 Å². The number of hydrogen-bond donors (Lipinski definition) is 0. The van der Waals surface area contributed by atoms with Crippen molar-refractivity contribution >= 4 is 6.21 Å². The van der Waals surface area contributed by atoms with Gasteiger partial charge in [-0.15, -0.1) is 0 Å². The fourth-order valence-electron chi connectivity index (χ4n) is 0.349. The van der Waals surface area contributed by atoms with Crippen molar-refractivity contribution in [2.75, 3.05) is 19.8 Å². The highest BCUT2D eigenvalue weighted by Crippen LogP contribution is 1.75. The van der Waals surface area contributed by atoms with Gasteiger partial charge in [-0.1, -0.05) is 17.8 Å². The third-order valence-electron chi connectivity index (χ3n) is 0.738. The Balaban J connectivity index is 2.96. The maximum absolute atomic E-state index is 4.96. The first-order chi connectivity index (χ1) is 4.91. The Morgan fingerprint density at radius 2 is 2.30 bits per heavy atom. The predicted octanol–water partition coefficient (Wildman–Crippen LogP) is 1.21. The van der Waals surface area contributed by atoms with Crippen LogP contribution < -0.4 is 0 Å². The van der Waals surface area contributed by atoms with E-state index >= 15 is 0 Å². The molecular formula is C7H13NO2. The second-order valence-corrected chi connectivity index (χ2v) is 1.53. The van der Waals surface area contributed by atoms with Crippen LogP contribution in [0.1, 0.15) is 6.92 Å². The maximum Gasteiger partial charge on any atom is 0.135 e. The third kappa shape index (κ3) is 7.17. The first-order valence-electron chi connectivity index (χ1n) is 3.24. The van der Waals surface area contributed by atoms with Gasteiger partial charge in [-0.05, 0) is 6.92 Å². The Hall–Kier alpha value is -0.830. The Morgan fingerprint density at radius 3 is 2.90 bits per heavy atom. The van der Waals surface area contributed by atoms with E-state index in [1.165, 1.54) is 0 Å². The summed E-state index contributed by atoms with van der Waals surface area (Å²) < 4.78 is 4.96. The molecule has 0 saturated carbocycles. The van der Waals surface area contributed by atoms with Crippen LogP contribution in [0.15, 0.2) is 17.8 Å². The van der Waals surface area contributed by atoms with Crippen LogP contribution in [-0.4, -0.2) is 26.0 Å². The zero-order valence-electron chi connectivity index (χ0n) is 6.25. The topological polar surface area (TPSA) is 30.8 Å². The first kappa shape index (κ1) is 9.17. The van der Waals surface area contributed by atoms with Crippen molar-refractivity contribution in [3.63, 3.8) is 0 Å². The molecule has 0 aliphatic heterocycles. The average Bonchev–Trinajstić information content (AvgIpc) is 1.97. The Morgan fingerprint density at radius 1 is 1.50 bits per heavy atom. The maximum atomic E-state index is 4.96. The highest BCUT2D eigenvalue weighted by Gasteiger charge is 1.76. The molecule has 0 bridgehead atoms. The molecule has 0 amide bonds. The van der Waals surface area contributed by atoms with Crippen molar-refractivity contribution in [2.45, 2.75) is 6.92 Å². The monoisotopic (exact) mass is 143 g/mol. The SMILES string of the molecule is C=CCON=CCOCC. The molecule has 3 nitrogen and oxygen atoms in total. The molecule has 0 atom stereocenters. The molecule has 10 heavy (non-hydrogen) atoms. The lowest BCUT2D eigenvalue weighted by Crippen LogP contribution is -1.94.